The number of ether oxygens (including phenoxy) is 1. The van der Waals surface area contributed by atoms with E-state index in [9.17, 15) is 12.8 Å². The average molecular weight is 465 g/mol. The van der Waals surface area contributed by atoms with Crippen LogP contribution in [0.5, 0.6) is 5.88 Å². The molecule has 1 unspecified atom stereocenters. The van der Waals surface area contributed by atoms with Gasteiger partial charge < -0.3 is 10.1 Å². The summed E-state index contributed by atoms with van der Waals surface area (Å²) in [6.07, 6.45) is 1.01. The van der Waals surface area contributed by atoms with Gasteiger partial charge in [-0.2, -0.15) is 4.72 Å². The van der Waals surface area contributed by atoms with Crippen LogP contribution in [0.3, 0.4) is 0 Å². The van der Waals surface area contributed by atoms with E-state index in [-0.39, 0.29) is 11.7 Å². The molecule has 7 nitrogen and oxygen atoms in total. The van der Waals surface area contributed by atoms with E-state index in [4.69, 9.17) is 4.74 Å². The Balaban J connectivity index is 1.89. The number of aromatic nitrogens is 1. The summed E-state index contributed by atoms with van der Waals surface area (Å²) in [5.41, 5.74) is 2.79. The Hall–Kier alpha value is -2.23. The molecule has 1 fully saturated rings. The van der Waals surface area contributed by atoms with Gasteiger partial charge in [0.1, 0.15) is 11.1 Å². The van der Waals surface area contributed by atoms with Gasteiger partial charge in [-0.05, 0) is 56.0 Å². The molecule has 2 N–H and O–H groups in total. The summed E-state index contributed by atoms with van der Waals surface area (Å²) in [5.74, 6) is 0.0736. The summed E-state index contributed by atoms with van der Waals surface area (Å²) in [6, 6.07) is 6.76. The van der Waals surface area contributed by atoms with Crippen molar-refractivity contribution in [2.75, 3.05) is 25.5 Å². The molecule has 1 aromatic heterocycles. The molecule has 1 saturated heterocycles. The molecule has 0 bridgehead atoms. The number of halogens is 1. The fraction of sp³-hybridized carbons (Fsp3) is 0.522. The van der Waals surface area contributed by atoms with E-state index in [1.807, 2.05) is 13.8 Å². The zero-order valence-corrected chi connectivity index (χ0v) is 20.3. The first-order valence-electron chi connectivity index (χ1n) is 10.9. The highest BCUT2D eigenvalue weighted by molar-refractivity contribution is 7.90. The van der Waals surface area contributed by atoms with Crippen LogP contribution in [0.25, 0.3) is 11.1 Å². The Kier molecular flexibility index (Phi) is 7.42. The van der Waals surface area contributed by atoms with Crippen molar-refractivity contribution in [3.05, 3.63) is 41.8 Å². The maximum Gasteiger partial charge on any atom is 0.218 e. The Bertz CT molecular complexity index is 1050. The topological polar surface area (TPSA) is 83.6 Å². The lowest BCUT2D eigenvalue weighted by Gasteiger charge is -2.41. The first-order valence-corrected chi connectivity index (χ1v) is 12.4. The zero-order chi connectivity index (χ0) is 23.6. The van der Waals surface area contributed by atoms with Crippen LogP contribution >= 0.6 is 0 Å². The summed E-state index contributed by atoms with van der Waals surface area (Å²) in [7, 11) is -1.98. The van der Waals surface area contributed by atoms with Crippen LogP contribution in [-0.2, 0) is 10.0 Å². The molecule has 1 aliphatic rings. The van der Waals surface area contributed by atoms with Crippen LogP contribution in [0, 0.1) is 5.82 Å². The summed E-state index contributed by atoms with van der Waals surface area (Å²) < 4.78 is 48.1. The van der Waals surface area contributed by atoms with Crippen LogP contribution in [0.1, 0.15) is 46.1 Å². The number of sulfonamides is 1. The van der Waals surface area contributed by atoms with E-state index in [1.165, 1.54) is 19.2 Å². The number of likely N-dealkylation sites (tertiary alicyclic amines) is 1. The van der Waals surface area contributed by atoms with Gasteiger partial charge in [-0.25, -0.2) is 17.8 Å². The molecule has 0 amide bonds. The van der Waals surface area contributed by atoms with E-state index in [1.54, 1.807) is 25.3 Å². The Morgan fingerprint density at radius 1 is 1.16 bits per heavy atom. The SMILES string of the molecule is COc1cc(-c2cc(F)cc(C(C)C)c2NC(C)NS(=O)(=O)C2CN(C(C)C)C2)ccn1. The lowest BCUT2D eigenvalue weighted by atomic mass is 9.94. The highest BCUT2D eigenvalue weighted by Crippen LogP contribution is 2.37. The van der Waals surface area contributed by atoms with Crippen molar-refractivity contribution in [2.45, 2.75) is 58.0 Å². The minimum absolute atomic E-state index is 0.0192. The number of nitrogens with one attached hydrogen (secondary N) is 2. The maximum atomic E-state index is 14.5. The molecule has 3 rings (SSSR count). The molecule has 0 aliphatic carbocycles. The van der Waals surface area contributed by atoms with Crippen LogP contribution < -0.4 is 14.8 Å². The fourth-order valence-corrected chi connectivity index (χ4v) is 5.36. The number of hydrogen-bond acceptors (Lipinski definition) is 6. The minimum atomic E-state index is -3.50. The van der Waals surface area contributed by atoms with E-state index in [0.29, 0.717) is 36.3 Å². The highest BCUT2D eigenvalue weighted by Gasteiger charge is 2.38. The molecule has 176 valence electrons. The molecule has 0 spiro atoms. The van der Waals surface area contributed by atoms with E-state index >= 15 is 0 Å². The molecule has 9 heteroatoms. The summed E-state index contributed by atoms with van der Waals surface area (Å²) in [6.45, 7) is 10.9. The Morgan fingerprint density at radius 2 is 1.84 bits per heavy atom. The van der Waals surface area contributed by atoms with Crippen LogP contribution in [-0.4, -0.2) is 56.0 Å². The van der Waals surface area contributed by atoms with Crippen molar-refractivity contribution in [2.24, 2.45) is 0 Å². The van der Waals surface area contributed by atoms with Crippen molar-refractivity contribution in [3.63, 3.8) is 0 Å². The third kappa shape index (κ3) is 5.39. The number of hydrogen-bond donors (Lipinski definition) is 2. The quantitative estimate of drug-likeness (QED) is 0.550. The molecule has 1 aliphatic heterocycles. The average Bonchev–Trinajstić information content (AvgIpc) is 2.66. The molecule has 0 saturated carbocycles. The highest BCUT2D eigenvalue weighted by atomic mass is 32.2. The van der Waals surface area contributed by atoms with Crippen LogP contribution in [0.15, 0.2) is 30.5 Å². The zero-order valence-electron chi connectivity index (χ0n) is 19.5. The summed E-state index contributed by atoms with van der Waals surface area (Å²) >= 11 is 0. The molecular weight excluding hydrogens is 431 g/mol. The van der Waals surface area contributed by atoms with Gasteiger partial charge in [-0.1, -0.05) is 13.8 Å². The number of anilines is 1. The Labute approximate surface area is 190 Å². The normalized spacial score (nSPS) is 16.3. The molecule has 1 atom stereocenters. The fourth-order valence-electron chi connectivity index (χ4n) is 3.84. The monoisotopic (exact) mass is 464 g/mol. The van der Waals surface area contributed by atoms with Gasteiger partial charge in [0.15, 0.2) is 0 Å². The van der Waals surface area contributed by atoms with Gasteiger partial charge in [0, 0.05) is 42.6 Å². The number of pyridine rings is 1. The van der Waals surface area contributed by atoms with Crippen LogP contribution in [0.2, 0.25) is 0 Å². The third-order valence-corrected chi connectivity index (χ3v) is 7.62. The van der Waals surface area contributed by atoms with Crippen molar-refractivity contribution in [1.82, 2.24) is 14.6 Å². The van der Waals surface area contributed by atoms with Gasteiger partial charge >= 0.3 is 0 Å². The van der Waals surface area contributed by atoms with Gasteiger partial charge in [0.25, 0.3) is 0 Å². The second-order valence-corrected chi connectivity index (χ2v) is 10.9. The number of benzene rings is 1. The first-order chi connectivity index (χ1) is 15.0. The van der Waals surface area contributed by atoms with Crippen molar-refractivity contribution >= 4 is 15.7 Å². The van der Waals surface area contributed by atoms with Crippen molar-refractivity contribution in [3.8, 4) is 17.0 Å². The van der Waals surface area contributed by atoms with Gasteiger partial charge in [0.2, 0.25) is 15.9 Å². The third-order valence-electron chi connectivity index (χ3n) is 5.76. The Morgan fingerprint density at radius 3 is 2.44 bits per heavy atom. The molecule has 32 heavy (non-hydrogen) atoms. The first kappa shape index (κ1) is 24.4. The molecule has 2 aromatic rings. The van der Waals surface area contributed by atoms with Gasteiger partial charge in [-0.3, -0.25) is 4.90 Å². The summed E-state index contributed by atoms with van der Waals surface area (Å²) in [5, 5.41) is 2.85. The largest absolute Gasteiger partial charge is 0.481 e. The molecule has 1 aromatic carbocycles. The van der Waals surface area contributed by atoms with Gasteiger partial charge in [-0.15, -0.1) is 0 Å². The number of rotatable bonds is 9. The standard InChI is InChI=1S/C23H33FN4O3S/c1-14(2)20-10-18(24)11-21(17-7-8-25-22(9-17)31-6)23(20)26-16(5)27-32(29,30)19-12-28(13-19)15(3)4/h7-11,14-16,19,26-27H,12-13H2,1-6H3. The van der Waals surface area contributed by atoms with Gasteiger partial charge in [0.05, 0.1) is 13.3 Å². The van der Waals surface area contributed by atoms with Crippen molar-refractivity contribution in [1.29, 1.82) is 0 Å². The smallest absolute Gasteiger partial charge is 0.218 e. The van der Waals surface area contributed by atoms with E-state index < -0.39 is 21.4 Å². The van der Waals surface area contributed by atoms with Crippen LogP contribution in [0.4, 0.5) is 10.1 Å². The van der Waals surface area contributed by atoms with E-state index in [0.717, 1.165) is 11.1 Å². The van der Waals surface area contributed by atoms with Crippen molar-refractivity contribution < 1.29 is 17.5 Å². The summed E-state index contributed by atoms with van der Waals surface area (Å²) in [4.78, 5) is 6.24. The molecule has 2 heterocycles. The molecular formula is C23H33FN4O3S. The lowest BCUT2D eigenvalue weighted by molar-refractivity contribution is 0.141. The minimum Gasteiger partial charge on any atom is -0.481 e. The molecule has 0 radical (unpaired) electrons. The lowest BCUT2D eigenvalue weighted by Crippen LogP contribution is -2.60. The van der Waals surface area contributed by atoms with E-state index in [2.05, 4.69) is 33.8 Å². The second kappa shape index (κ2) is 9.72. The maximum absolute atomic E-state index is 14.5. The predicted octanol–water partition coefficient (Wildman–Crippen LogP) is 3.79. The number of nitrogens with zero attached hydrogens (tertiary/aromatic N) is 2. The second-order valence-electron chi connectivity index (χ2n) is 8.86. The predicted molar refractivity (Wildman–Crippen MR) is 126 cm³/mol. The number of methoxy groups -OCH3 is 1.